The van der Waals surface area contributed by atoms with E-state index >= 15 is 0 Å². The lowest BCUT2D eigenvalue weighted by atomic mass is 10.1. The summed E-state index contributed by atoms with van der Waals surface area (Å²) in [5, 5.41) is 0. The molecule has 2 atom stereocenters. The van der Waals surface area contributed by atoms with E-state index in [1.54, 1.807) is 0 Å². The molecule has 0 radical (unpaired) electrons. The van der Waals surface area contributed by atoms with Crippen LogP contribution in [0.4, 0.5) is 0 Å². The Hall–Kier alpha value is -3.84. The lowest BCUT2D eigenvalue weighted by molar-refractivity contribution is -0.288. The second-order valence-corrected chi connectivity index (χ2v) is 6.19. The van der Waals surface area contributed by atoms with Gasteiger partial charge in [-0.25, -0.2) is 19.2 Å². The molecular formula is C20H18N2O10. The molecule has 2 aromatic carbocycles. The van der Waals surface area contributed by atoms with Crippen molar-refractivity contribution < 1.29 is 47.8 Å². The highest BCUT2D eigenvalue weighted by Gasteiger charge is 2.36. The first-order valence-electron chi connectivity index (χ1n) is 9.11. The lowest BCUT2D eigenvalue weighted by Gasteiger charge is -2.30. The van der Waals surface area contributed by atoms with Crippen LogP contribution < -0.4 is 11.8 Å². The first-order chi connectivity index (χ1) is 15.5. The van der Waals surface area contributed by atoms with E-state index in [-0.39, 0.29) is 35.5 Å². The normalized spacial score (nSPS) is 17.7. The quantitative estimate of drug-likeness (QED) is 0.464. The smallest absolute Gasteiger partial charge is 0.357 e. The van der Waals surface area contributed by atoms with Crippen LogP contribution in [0, 0.1) is 0 Å². The number of ether oxygens (including phenoxy) is 4. The van der Waals surface area contributed by atoms with Crippen molar-refractivity contribution >= 4 is 23.9 Å². The summed E-state index contributed by atoms with van der Waals surface area (Å²) in [7, 11) is 0. The fourth-order valence-electron chi connectivity index (χ4n) is 2.81. The van der Waals surface area contributed by atoms with E-state index in [1.807, 2.05) is 0 Å². The van der Waals surface area contributed by atoms with E-state index in [4.69, 9.17) is 30.7 Å². The molecule has 3 rings (SSSR count). The molecular weight excluding hydrogens is 428 g/mol. The van der Waals surface area contributed by atoms with E-state index in [0.29, 0.717) is 0 Å². The Morgan fingerprint density at radius 1 is 0.625 bits per heavy atom. The molecule has 0 saturated carbocycles. The maximum absolute atomic E-state index is 12.6. The molecule has 1 heterocycles. The van der Waals surface area contributed by atoms with Crippen molar-refractivity contribution in [1.29, 1.82) is 0 Å². The van der Waals surface area contributed by atoms with Crippen molar-refractivity contribution in [1.82, 2.24) is 0 Å². The third-order valence-electron chi connectivity index (χ3n) is 4.26. The number of carbonyl (C=O) groups is 4. The molecule has 12 nitrogen and oxygen atoms in total. The highest BCUT2D eigenvalue weighted by Crippen LogP contribution is 2.20. The number of nitrogens with two attached hydrogens (primary N) is 2. The lowest BCUT2D eigenvalue weighted by Crippen LogP contribution is -2.44. The van der Waals surface area contributed by atoms with Crippen molar-refractivity contribution in [2.45, 2.75) is 12.6 Å². The molecule has 12 heteroatoms. The first kappa shape index (κ1) is 22.8. The molecule has 0 spiro atoms. The average molecular weight is 446 g/mol. The Kier molecular flexibility index (Phi) is 7.46. The molecule has 32 heavy (non-hydrogen) atoms. The minimum absolute atomic E-state index is 0.0363. The molecule has 1 saturated heterocycles. The van der Waals surface area contributed by atoms with Gasteiger partial charge in [-0.05, 0) is 24.3 Å². The van der Waals surface area contributed by atoms with E-state index in [1.165, 1.54) is 48.5 Å². The summed E-state index contributed by atoms with van der Waals surface area (Å²) in [5.74, 6) is 5.91. The van der Waals surface area contributed by atoms with Gasteiger partial charge in [-0.2, -0.15) is 11.8 Å². The summed E-state index contributed by atoms with van der Waals surface area (Å²) in [6.45, 7) is 0.0726. The van der Waals surface area contributed by atoms with Gasteiger partial charge in [0.15, 0.2) is 0 Å². The minimum atomic E-state index is -1.46. The number of carbonyl (C=O) groups excluding carboxylic acids is 4. The van der Waals surface area contributed by atoms with Gasteiger partial charge in [0.2, 0.25) is 0 Å². The van der Waals surface area contributed by atoms with Crippen LogP contribution in [-0.2, 0) is 28.6 Å². The standard InChI is InChI=1S/C20H18N2O10/c21-31-17(25)13-7-3-1-5-11(13)15(23)29-19-20(28-10-9-27-19)30-16(24)12-6-2-4-8-14(12)18(26)32-22/h1-8,19-20H,9-10,21-22H2. The van der Waals surface area contributed by atoms with Crippen molar-refractivity contribution in [3.05, 3.63) is 70.8 Å². The van der Waals surface area contributed by atoms with Crippen LogP contribution in [0.2, 0.25) is 0 Å². The maximum atomic E-state index is 12.6. The van der Waals surface area contributed by atoms with Gasteiger partial charge in [-0.3, -0.25) is 0 Å². The van der Waals surface area contributed by atoms with E-state index in [0.717, 1.165) is 0 Å². The molecule has 1 aliphatic rings. The Bertz CT molecular complexity index is 943. The zero-order chi connectivity index (χ0) is 23.1. The van der Waals surface area contributed by atoms with Crippen LogP contribution in [0.5, 0.6) is 0 Å². The molecule has 1 fully saturated rings. The van der Waals surface area contributed by atoms with Gasteiger partial charge in [0.25, 0.3) is 12.6 Å². The zero-order valence-corrected chi connectivity index (χ0v) is 16.4. The second kappa shape index (κ2) is 10.5. The van der Waals surface area contributed by atoms with Crippen LogP contribution in [0.15, 0.2) is 48.5 Å². The second-order valence-electron chi connectivity index (χ2n) is 6.19. The largest absolute Gasteiger partial charge is 0.425 e. The van der Waals surface area contributed by atoms with Gasteiger partial charge in [-0.15, -0.1) is 0 Å². The summed E-state index contributed by atoms with van der Waals surface area (Å²) in [5.41, 5.74) is -0.588. The Labute approximate surface area is 180 Å². The summed E-state index contributed by atoms with van der Waals surface area (Å²) in [6.07, 6.45) is -2.92. The fraction of sp³-hybridized carbons (Fsp3) is 0.200. The predicted molar refractivity (Wildman–Crippen MR) is 102 cm³/mol. The van der Waals surface area contributed by atoms with Gasteiger partial charge in [-0.1, -0.05) is 24.3 Å². The summed E-state index contributed by atoms with van der Waals surface area (Å²) >= 11 is 0. The zero-order valence-electron chi connectivity index (χ0n) is 16.4. The number of esters is 2. The van der Waals surface area contributed by atoms with Crippen LogP contribution in [0.25, 0.3) is 0 Å². The molecule has 168 valence electrons. The van der Waals surface area contributed by atoms with Gasteiger partial charge >= 0.3 is 23.9 Å². The van der Waals surface area contributed by atoms with Crippen molar-refractivity contribution in [3.63, 3.8) is 0 Å². The average Bonchev–Trinajstić information content (AvgIpc) is 2.84. The number of rotatable bonds is 6. The topological polar surface area (TPSA) is 176 Å². The summed E-state index contributed by atoms with van der Waals surface area (Å²) in [4.78, 5) is 57.1. The van der Waals surface area contributed by atoms with Gasteiger partial charge < -0.3 is 28.6 Å². The van der Waals surface area contributed by atoms with Crippen LogP contribution in [0.1, 0.15) is 41.4 Å². The molecule has 4 N–H and O–H groups in total. The fourth-order valence-corrected chi connectivity index (χ4v) is 2.81. The molecule has 0 aromatic heterocycles. The van der Waals surface area contributed by atoms with E-state index in [9.17, 15) is 19.2 Å². The number of hydrogen-bond donors (Lipinski definition) is 2. The van der Waals surface area contributed by atoms with Crippen LogP contribution >= 0.6 is 0 Å². The SMILES string of the molecule is NOC(=O)c1ccccc1C(=O)OC1OCCOC1OC(=O)c1ccccc1C(=O)ON. The highest BCUT2D eigenvalue weighted by molar-refractivity contribution is 6.03. The minimum Gasteiger partial charge on any atom is -0.425 e. The third kappa shape index (κ3) is 5.07. The molecule has 0 aliphatic carbocycles. The summed E-state index contributed by atoms with van der Waals surface area (Å²) in [6, 6.07) is 11.2. The molecule has 2 unspecified atom stereocenters. The van der Waals surface area contributed by atoms with Gasteiger partial charge in [0.1, 0.15) is 0 Å². The van der Waals surface area contributed by atoms with Gasteiger partial charge in [0, 0.05) is 0 Å². The molecule has 1 aliphatic heterocycles. The molecule has 0 amide bonds. The van der Waals surface area contributed by atoms with Crippen LogP contribution in [-0.4, -0.2) is 49.7 Å². The number of benzene rings is 2. The summed E-state index contributed by atoms with van der Waals surface area (Å²) < 4.78 is 21.2. The highest BCUT2D eigenvalue weighted by atomic mass is 16.8. The van der Waals surface area contributed by atoms with Crippen LogP contribution in [0.3, 0.4) is 0 Å². The van der Waals surface area contributed by atoms with Crippen molar-refractivity contribution in [3.8, 4) is 0 Å². The maximum Gasteiger partial charge on any atom is 0.357 e. The van der Waals surface area contributed by atoms with E-state index < -0.39 is 36.5 Å². The van der Waals surface area contributed by atoms with Crippen molar-refractivity contribution in [2.75, 3.05) is 13.2 Å². The Morgan fingerprint density at radius 3 is 1.25 bits per heavy atom. The first-order valence-corrected chi connectivity index (χ1v) is 9.11. The Morgan fingerprint density at radius 2 is 0.938 bits per heavy atom. The molecule has 2 aromatic rings. The van der Waals surface area contributed by atoms with Crippen molar-refractivity contribution in [2.24, 2.45) is 11.8 Å². The monoisotopic (exact) mass is 446 g/mol. The third-order valence-corrected chi connectivity index (χ3v) is 4.26. The van der Waals surface area contributed by atoms with E-state index in [2.05, 4.69) is 9.68 Å². The van der Waals surface area contributed by atoms with Gasteiger partial charge in [0.05, 0.1) is 35.5 Å². The number of hydrogen-bond acceptors (Lipinski definition) is 12. The Balaban J connectivity index is 1.77. The molecule has 0 bridgehead atoms. The predicted octanol–water partition coefficient (Wildman–Crippen LogP) is 0.460.